The lowest BCUT2D eigenvalue weighted by atomic mass is 10.1. The average molecular weight is 332 g/mol. The molecular formula is C16H8BrClO. The second-order valence-electron chi connectivity index (χ2n) is 4.53. The fourth-order valence-corrected chi connectivity index (χ4v) is 3.19. The van der Waals surface area contributed by atoms with Crippen molar-refractivity contribution in [3.63, 3.8) is 0 Å². The molecule has 0 N–H and O–H groups in total. The van der Waals surface area contributed by atoms with Crippen molar-refractivity contribution >= 4 is 60.2 Å². The highest BCUT2D eigenvalue weighted by atomic mass is 79.9. The van der Waals surface area contributed by atoms with Gasteiger partial charge in [-0.05, 0) is 51.0 Å². The van der Waals surface area contributed by atoms with E-state index in [0.29, 0.717) is 5.02 Å². The monoisotopic (exact) mass is 330 g/mol. The van der Waals surface area contributed by atoms with Crippen LogP contribution in [0.1, 0.15) is 0 Å². The Balaban J connectivity index is 2.28. The largest absolute Gasteiger partial charge is 0.456 e. The van der Waals surface area contributed by atoms with Gasteiger partial charge in [0.05, 0.1) is 5.02 Å². The third kappa shape index (κ3) is 1.60. The van der Waals surface area contributed by atoms with Gasteiger partial charge in [-0.25, -0.2) is 0 Å². The Labute approximate surface area is 122 Å². The molecule has 4 rings (SSSR count). The van der Waals surface area contributed by atoms with Gasteiger partial charge in [-0.3, -0.25) is 0 Å². The van der Waals surface area contributed by atoms with Crippen LogP contribution in [0.5, 0.6) is 0 Å². The Bertz CT molecular complexity index is 940. The van der Waals surface area contributed by atoms with E-state index in [4.69, 9.17) is 16.0 Å². The molecule has 0 saturated carbocycles. The van der Waals surface area contributed by atoms with E-state index in [9.17, 15) is 0 Å². The first-order chi connectivity index (χ1) is 9.24. The van der Waals surface area contributed by atoms with Gasteiger partial charge in [-0.1, -0.05) is 35.9 Å². The fourth-order valence-electron chi connectivity index (χ4n) is 2.49. The first-order valence-electron chi connectivity index (χ1n) is 5.93. The van der Waals surface area contributed by atoms with Crippen LogP contribution in [0.3, 0.4) is 0 Å². The van der Waals surface area contributed by atoms with Crippen molar-refractivity contribution < 1.29 is 4.42 Å². The van der Waals surface area contributed by atoms with Gasteiger partial charge < -0.3 is 4.42 Å². The Kier molecular flexibility index (Phi) is 2.38. The molecular weight excluding hydrogens is 324 g/mol. The third-order valence-corrected chi connectivity index (χ3v) is 4.76. The number of hydrogen-bond donors (Lipinski definition) is 0. The van der Waals surface area contributed by atoms with Gasteiger partial charge in [-0.2, -0.15) is 0 Å². The molecule has 0 unspecified atom stereocenters. The number of rotatable bonds is 0. The zero-order chi connectivity index (χ0) is 13.0. The van der Waals surface area contributed by atoms with Crippen molar-refractivity contribution in [3.05, 3.63) is 58.0 Å². The zero-order valence-corrected chi connectivity index (χ0v) is 12.1. The van der Waals surface area contributed by atoms with Gasteiger partial charge in [0.15, 0.2) is 0 Å². The minimum atomic E-state index is 0.698. The summed E-state index contributed by atoms with van der Waals surface area (Å²) in [4.78, 5) is 0. The van der Waals surface area contributed by atoms with Crippen LogP contribution in [-0.2, 0) is 0 Å². The molecule has 0 saturated heterocycles. The molecule has 0 aliphatic rings. The second-order valence-corrected chi connectivity index (χ2v) is 5.73. The maximum absolute atomic E-state index is 6.17. The molecule has 0 aliphatic heterocycles. The lowest BCUT2D eigenvalue weighted by molar-refractivity contribution is 0.669. The van der Waals surface area contributed by atoms with E-state index in [1.807, 2.05) is 24.3 Å². The average Bonchev–Trinajstić information content (AvgIpc) is 2.78. The molecule has 92 valence electrons. The molecule has 1 aromatic heterocycles. The topological polar surface area (TPSA) is 13.1 Å². The Morgan fingerprint density at radius 1 is 0.895 bits per heavy atom. The molecule has 1 heterocycles. The van der Waals surface area contributed by atoms with Crippen LogP contribution < -0.4 is 0 Å². The second kappa shape index (κ2) is 3.99. The quantitative estimate of drug-likeness (QED) is 0.376. The summed E-state index contributed by atoms with van der Waals surface area (Å²) in [7, 11) is 0. The minimum absolute atomic E-state index is 0.698. The predicted octanol–water partition coefficient (Wildman–Crippen LogP) is 6.16. The number of fused-ring (bicyclic) bond motifs is 4. The molecule has 3 heteroatoms. The zero-order valence-electron chi connectivity index (χ0n) is 9.78. The molecule has 0 amide bonds. The molecule has 1 nitrogen and oxygen atoms in total. The van der Waals surface area contributed by atoms with Gasteiger partial charge in [0.1, 0.15) is 11.2 Å². The van der Waals surface area contributed by atoms with Gasteiger partial charge in [0.2, 0.25) is 0 Å². The Morgan fingerprint density at radius 2 is 1.63 bits per heavy atom. The van der Waals surface area contributed by atoms with Crippen molar-refractivity contribution in [2.45, 2.75) is 0 Å². The molecule has 19 heavy (non-hydrogen) atoms. The summed E-state index contributed by atoms with van der Waals surface area (Å²) in [5.74, 6) is 0. The number of furan rings is 1. The molecule has 4 aromatic rings. The standard InChI is InChI=1S/C16H8BrClO/c17-16-12(18)5-6-13-15(16)11-7-9-3-1-2-4-10(9)8-14(11)19-13/h1-8H. The van der Waals surface area contributed by atoms with Crippen LogP contribution in [0, 0.1) is 0 Å². The van der Waals surface area contributed by atoms with Crippen LogP contribution in [0.4, 0.5) is 0 Å². The lowest BCUT2D eigenvalue weighted by Crippen LogP contribution is -1.74. The van der Waals surface area contributed by atoms with E-state index in [0.717, 1.165) is 26.4 Å². The summed E-state index contributed by atoms with van der Waals surface area (Å²) in [5.41, 5.74) is 1.73. The molecule has 0 spiro atoms. The van der Waals surface area contributed by atoms with Gasteiger partial charge >= 0.3 is 0 Å². The highest BCUT2D eigenvalue weighted by molar-refractivity contribution is 9.10. The number of benzene rings is 3. The SMILES string of the molecule is Clc1ccc2oc3cc4ccccc4cc3c2c1Br. The van der Waals surface area contributed by atoms with Crippen molar-refractivity contribution in [1.82, 2.24) is 0 Å². The first-order valence-corrected chi connectivity index (χ1v) is 7.10. The summed E-state index contributed by atoms with van der Waals surface area (Å²) in [6, 6.07) is 16.2. The smallest absolute Gasteiger partial charge is 0.136 e. The summed E-state index contributed by atoms with van der Waals surface area (Å²) in [6.07, 6.45) is 0. The van der Waals surface area contributed by atoms with E-state index < -0.39 is 0 Å². The van der Waals surface area contributed by atoms with E-state index in [1.54, 1.807) is 0 Å². The van der Waals surface area contributed by atoms with Gasteiger partial charge in [-0.15, -0.1) is 0 Å². The molecule has 3 aromatic carbocycles. The summed E-state index contributed by atoms with van der Waals surface area (Å²) in [6.45, 7) is 0. The van der Waals surface area contributed by atoms with Crippen LogP contribution in [0.2, 0.25) is 5.02 Å². The Morgan fingerprint density at radius 3 is 2.42 bits per heavy atom. The highest BCUT2D eigenvalue weighted by Crippen LogP contribution is 2.39. The van der Waals surface area contributed by atoms with E-state index >= 15 is 0 Å². The summed E-state index contributed by atoms with van der Waals surface area (Å²) in [5, 5.41) is 5.19. The predicted molar refractivity (Wildman–Crippen MR) is 83.9 cm³/mol. The van der Waals surface area contributed by atoms with Crippen molar-refractivity contribution in [1.29, 1.82) is 0 Å². The molecule has 0 aliphatic carbocycles. The maximum atomic E-state index is 6.17. The molecule has 0 bridgehead atoms. The Hall–Kier alpha value is -1.51. The first kappa shape index (κ1) is 11.3. The van der Waals surface area contributed by atoms with Crippen molar-refractivity contribution in [2.24, 2.45) is 0 Å². The van der Waals surface area contributed by atoms with Crippen LogP contribution in [0.15, 0.2) is 57.4 Å². The normalized spacial score (nSPS) is 11.7. The highest BCUT2D eigenvalue weighted by Gasteiger charge is 2.13. The summed E-state index contributed by atoms with van der Waals surface area (Å²) < 4.78 is 6.80. The minimum Gasteiger partial charge on any atom is -0.456 e. The van der Waals surface area contributed by atoms with Crippen molar-refractivity contribution in [3.8, 4) is 0 Å². The molecule has 0 radical (unpaired) electrons. The fraction of sp³-hybridized carbons (Fsp3) is 0. The van der Waals surface area contributed by atoms with Crippen LogP contribution >= 0.6 is 27.5 Å². The third-order valence-electron chi connectivity index (χ3n) is 3.39. The molecule has 0 atom stereocenters. The number of hydrogen-bond acceptors (Lipinski definition) is 1. The van der Waals surface area contributed by atoms with Gasteiger partial charge in [0.25, 0.3) is 0 Å². The van der Waals surface area contributed by atoms with E-state index in [2.05, 4.69) is 40.2 Å². The van der Waals surface area contributed by atoms with Gasteiger partial charge in [0, 0.05) is 15.2 Å². The summed E-state index contributed by atoms with van der Waals surface area (Å²) >= 11 is 9.73. The van der Waals surface area contributed by atoms with Crippen molar-refractivity contribution in [2.75, 3.05) is 0 Å². The number of halogens is 2. The van der Waals surface area contributed by atoms with E-state index in [-0.39, 0.29) is 0 Å². The van der Waals surface area contributed by atoms with Crippen LogP contribution in [0.25, 0.3) is 32.7 Å². The van der Waals surface area contributed by atoms with E-state index in [1.165, 1.54) is 10.8 Å². The van der Waals surface area contributed by atoms with Crippen LogP contribution in [-0.4, -0.2) is 0 Å². The maximum Gasteiger partial charge on any atom is 0.136 e. The lowest BCUT2D eigenvalue weighted by Gasteiger charge is -1.99. The molecule has 0 fully saturated rings.